The molecule has 3 aromatic carbocycles. The molecule has 0 heterocycles. The first-order chi connectivity index (χ1) is 17.4. The number of esters is 1. The summed E-state index contributed by atoms with van der Waals surface area (Å²) in [4.78, 5) is 11.5. The second kappa shape index (κ2) is 11.7. The van der Waals surface area contributed by atoms with Gasteiger partial charge in [0.2, 0.25) is 0 Å². The SMILES string of the molecule is CC(=O)OCCCCC(F)(F)C(F)(F)S(=O)(=O)OS(c1ccccc1)(c1ccccc1)c1ccccc1. The van der Waals surface area contributed by atoms with Crippen molar-refractivity contribution in [1.29, 1.82) is 0 Å². The van der Waals surface area contributed by atoms with E-state index in [9.17, 15) is 22.0 Å². The van der Waals surface area contributed by atoms with Crippen LogP contribution in [0.25, 0.3) is 0 Å². The van der Waals surface area contributed by atoms with E-state index in [1.807, 2.05) is 0 Å². The van der Waals surface area contributed by atoms with E-state index in [0.29, 0.717) is 0 Å². The summed E-state index contributed by atoms with van der Waals surface area (Å²) in [5.41, 5.74) is 0. The van der Waals surface area contributed by atoms with Crippen molar-refractivity contribution in [2.45, 2.75) is 52.0 Å². The van der Waals surface area contributed by atoms with E-state index in [-0.39, 0.29) is 27.7 Å². The van der Waals surface area contributed by atoms with E-state index in [1.165, 1.54) is 36.4 Å². The third kappa shape index (κ3) is 6.16. The summed E-state index contributed by atoms with van der Waals surface area (Å²) < 4.78 is 96.0. The van der Waals surface area contributed by atoms with Crippen molar-refractivity contribution < 1.29 is 39.1 Å². The Bertz CT molecular complexity index is 1180. The standard InChI is InChI=1S/C26H26F4O5S2/c1-21(31)34-20-12-11-19-25(27,28)26(29,30)37(32,33)35-36(22-13-5-2-6-14-22,23-15-7-3-8-16-23)24-17-9-4-10-18-24/h2-10,13-18H,11-12,19-20H2,1H3. The lowest BCUT2D eigenvalue weighted by molar-refractivity contribution is -0.164. The average Bonchev–Trinajstić information content (AvgIpc) is 2.88. The fourth-order valence-corrected chi connectivity index (χ4v) is 8.80. The van der Waals surface area contributed by atoms with Crippen LogP contribution in [0.1, 0.15) is 26.2 Å². The largest absolute Gasteiger partial charge is 0.466 e. The summed E-state index contributed by atoms with van der Waals surface area (Å²) >= 11 is 0. The molecule has 0 bridgehead atoms. The highest BCUT2D eigenvalue weighted by Gasteiger charge is 2.67. The molecular weight excluding hydrogens is 532 g/mol. The Morgan fingerprint density at radius 2 is 1.14 bits per heavy atom. The molecule has 3 aromatic rings. The number of carbonyl (C=O) groups is 1. The number of rotatable bonds is 12. The molecule has 0 unspecified atom stereocenters. The Hall–Kier alpha value is -2.89. The molecule has 0 aromatic heterocycles. The van der Waals surface area contributed by atoms with Crippen LogP contribution in [0.5, 0.6) is 0 Å². The molecule has 0 N–H and O–H groups in total. The molecule has 0 radical (unpaired) electrons. The highest BCUT2D eigenvalue weighted by Crippen LogP contribution is 2.70. The molecule has 0 atom stereocenters. The lowest BCUT2D eigenvalue weighted by atomic mass is 10.1. The van der Waals surface area contributed by atoms with Crippen molar-refractivity contribution in [2.24, 2.45) is 0 Å². The quantitative estimate of drug-likeness (QED) is 0.134. The first-order valence-corrected chi connectivity index (χ1v) is 14.2. The van der Waals surface area contributed by atoms with E-state index in [0.717, 1.165) is 6.92 Å². The molecule has 0 aliphatic rings. The molecule has 0 spiro atoms. The first-order valence-electron chi connectivity index (χ1n) is 11.3. The predicted molar refractivity (Wildman–Crippen MR) is 132 cm³/mol. The second-order valence-corrected chi connectivity index (χ2v) is 12.5. The number of ether oxygens (including phenoxy) is 1. The van der Waals surface area contributed by atoms with Gasteiger partial charge in [-0.1, -0.05) is 54.6 Å². The Balaban J connectivity index is 2.07. The van der Waals surface area contributed by atoms with Gasteiger partial charge in [-0.25, -0.2) is 3.63 Å². The third-order valence-electron chi connectivity index (χ3n) is 5.35. The molecule has 37 heavy (non-hydrogen) atoms. The maximum atomic E-state index is 15.2. The van der Waals surface area contributed by atoms with Gasteiger partial charge in [-0.2, -0.15) is 26.0 Å². The van der Waals surface area contributed by atoms with Gasteiger partial charge in [0.25, 0.3) is 0 Å². The topological polar surface area (TPSA) is 69.7 Å². The zero-order valence-electron chi connectivity index (χ0n) is 19.9. The van der Waals surface area contributed by atoms with Crippen LogP contribution in [-0.2, 0) is 23.3 Å². The Morgan fingerprint density at radius 1 is 0.730 bits per heavy atom. The number of benzene rings is 3. The highest BCUT2D eigenvalue weighted by atomic mass is 32.3. The summed E-state index contributed by atoms with van der Waals surface area (Å²) in [5, 5.41) is -5.54. The smallest absolute Gasteiger partial charge is 0.432 e. The maximum Gasteiger partial charge on any atom is 0.432 e. The number of carbonyl (C=O) groups excluding carboxylic acids is 1. The summed E-state index contributed by atoms with van der Waals surface area (Å²) in [6, 6.07) is 23.5. The molecule has 200 valence electrons. The summed E-state index contributed by atoms with van der Waals surface area (Å²) in [6.45, 7) is 0.872. The summed E-state index contributed by atoms with van der Waals surface area (Å²) in [5.74, 6) is -5.59. The van der Waals surface area contributed by atoms with Crippen LogP contribution in [0.2, 0.25) is 0 Å². The van der Waals surface area contributed by atoms with Gasteiger partial charge >= 0.3 is 27.3 Å². The van der Waals surface area contributed by atoms with Crippen molar-refractivity contribution in [1.82, 2.24) is 0 Å². The third-order valence-corrected chi connectivity index (χ3v) is 10.6. The van der Waals surface area contributed by atoms with Crippen molar-refractivity contribution in [2.75, 3.05) is 6.61 Å². The van der Waals surface area contributed by atoms with E-state index in [4.69, 9.17) is 3.63 Å². The number of hydrogen-bond donors (Lipinski definition) is 0. The van der Waals surface area contributed by atoms with Crippen LogP contribution in [0.3, 0.4) is 0 Å². The highest BCUT2D eigenvalue weighted by molar-refractivity contribution is 8.33. The molecule has 0 aliphatic carbocycles. The second-order valence-electron chi connectivity index (χ2n) is 8.04. The van der Waals surface area contributed by atoms with Crippen molar-refractivity contribution in [3.63, 3.8) is 0 Å². The molecule has 5 nitrogen and oxygen atoms in total. The van der Waals surface area contributed by atoms with Crippen LogP contribution in [0, 0.1) is 0 Å². The number of halogens is 4. The molecule has 0 saturated carbocycles. The Labute approximate surface area is 215 Å². The number of unbranched alkanes of at least 4 members (excludes halogenated alkanes) is 1. The van der Waals surface area contributed by atoms with Gasteiger partial charge in [0.15, 0.2) is 0 Å². The van der Waals surface area contributed by atoms with Crippen molar-refractivity contribution >= 4 is 26.4 Å². The van der Waals surface area contributed by atoms with Gasteiger partial charge in [-0.15, -0.1) is 0 Å². The molecular formula is C26H26F4O5S2. The van der Waals surface area contributed by atoms with Gasteiger partial charge in [0.1, 0.15) is 0 Å². The molecule has 0 amide bonds. The number of alkyl halides is 4. The van der Waals surface area contributed by atoms with E-state index in [1.54, 1.807) is 54.6 Å². The monoisotopic (exact) mass is 558 g/mol. The predicted octanol–water partition coefficient (Wildman–Crippen LogP) is 7.19. The van der Waals surface area contributed by atoms with Gasteiger partial charge in [0, 0.05) is 28.0 Å². The van der Waals surface area contributed by atoms with Gasteiger partial charge in [-0.3, -0.25) is 4.79 Å². The lowest BCUT2D eigenvalue weighted by Gasteiger charge is -2.40. The minimum absolute atomic E-state index is 0.139. The van der Waals surface area contributed by atoms with Crippen LogP contribution >= 0.6 is 10.3 Å². The molecule has 3 rings (SSSR count). The minimum atomic E-state index is -6.21. The molecule has 0 fully saturated rings. The minimum Gasteiger partial charge on any atom is -0.466 e. The summed E-state index contributed by atoms with van der Waals surface area (Å²) in [6.07, 6.45) is -2.09. The zero-order chi connectivity index (χ0) is 27.2. The van der Waals surface area contributed by atoms with E-state index >= 15 is 8.78 Å². The van der Waals surface area contributed by atoms with Crippen LogP contribution in [0.4, 0.5) is 17.6 Å². The normalized spacial score (nSPS) is 13.2. The Morgan fingerprint density at radius 3 is 1.51 bits per heavy atom. The van der Waals surface area contributed by atoms with Crippen molar-refractivity contribution in [3.8, 4) is 0 Å². The van der Waals surface area contributed by atoms with Crippen molar-refractivity contribution in [3.05, 3.63) is 91.0 Å². The fourth-order valence-electron chi connectivity index (χ4n) is 3.53. The van der Waals surface area contributed by atoms with Gasteiger partial charge < -0.3 is 4.74 Å². The van der Waals surface area contributed by atoms with Crippen LogP contribution < -0.4 is 0 Å². The first kappa shape index (κ1) is 28.7. The molecule has 0 aliphatic heterocycles. The maximum absolute atomic E-state index is 15.2. The average molecular weight is 559 g/mol. The molecule has 11 heteroatoms. The lowest BCUT2D eigenvalue weighted by Crippen LogP contribution is -2.48. The zero-order valence-corrected chi connectivity index (χ0v) is 21.5. The summed E-state index contributed by atoms with van der Waals surface area (Å²) in [7, 11) is -9.64. The van der Waals surface area contributed by atoms with Crippen LogP contribution in [0.15, 0.2) is 106 Å². The number of hydrogen-bond acceptors (Lipinski definition) is 5. The van der Waals surface area contributed by atoms with Crippen LogP contribution in [-0.4, -0.2) is 32.2 Å². The molecule has 0 saturated heterocycles. The van der Waals surface area contributed by atoms with E-state index in [2.05, 4.69) is 4.74 Å². The van der Waals surface area contributed by atoms with E-state index < -0.39 is 50.4 Å². The van der Waals surface area contributed by atoms with Gasteiger partial charge in [0.05, 0.1) is 6.61 Å². The Kier molecular flexibility index (Phi) is 9.04. The fraction of sp³-hybridized carbons (Fsp3) is 0.269. The van der Waals surface area contributed by atoms with Gasteiger partial charge in [-0.05, 0) is 59.5 Å².